The zero-order chi connectivity index (χ0) is 7.71. The molecule has 0 rings (SSSR count). The molecule has 0 heterocycles. The molecular weight excluding hydrogens is 291 g/mol. The van der Waals surface area contributed by atoms with Crippen molar-refractivity contribution >= 4 is 175 Å². The number of rotatable bonds is 2. The molecule has 0 aliphatic rings. The van der Waals surface area contributed by atoms with Crippen LogP contribution in [0.4, 0.5) is 0 Å². The molecule has 0 saturated heterocycles. The Morgan fingerprint density at radius 1 is 0.750 bits per heavy atom. The van der Waals surface area contributed by atoms with Crippen molar-refractivity contribution in [3.05, 3.63) is 0 Å². The Balaban J connectivity index is -0.000000107. The van der Waals surface area contributed by atoms with E-state index in [2.05, 4.69) is 0 Å². The first kappa shape index (κ1) is 25.5. The third-order valence-corrected chi connectivity index (χ3v) is 1.90. The maximum atomic E-state index is 9.55. The van der Waals surface area contributed by atoms with Gasteiger partial charge in [-0.15, -0.1) is 0 Å². The van der Waals surface area contributed by atoms with E-state index in [9.17, 15) is 16.8 Å². The van der Waals surface area contributed by atoms with E-state index in [0.29, 0.717) is 4.13 Å². The van der Waals surface area contributed by atoms with E-state index >= 15 is 0 Å². The summed E-state index contributed by atoms with van der Waals surface area (Å²) in [7, 11) is -9.74. The van der Waals surface area contributed by atoms with Crippen molar-refractivity contribution in [2.24, 2.45) is 0 Å². The van der Waals surface area contributed by atoms with Crippen LogP contribution in [0.15, 0.2) is 0 Å². The van der Waals surface area contributed by atoms with Crippen LogP contribution in [0.2, 0.25) is 0 Å². The van der Waals surface area contributed by atoms with Crippen molar-refractivity contribution in [1.29, 1.82) is 0 Å². The third kappa shape index (κ3) is 24.1. The fraction of sp³-hybridized carbons (Fsp3) is 0. The van der Waals surface area contributed by atoms with Crippen LogP contribution in [0.1, 0.15) is 0 Å². The Labute approximate surface area is 198 Å². The average molecular weight is 297 g/mol. The molecule has 0 radical (unpaired) electrons. The van der Waals surface area contributed by atoms with Crippen molar-refractivity contribution in [2.45, 2.75) is 0 Å². The van der Waals surface area contributed by atoms with E-state index in [0.717, 1.165) is 0 Å². The molecule has 0 bridgehead atoms. The summed E-state index contributed by atoms with van der Waals surface area (Å²) in [6.45, 7) is 0. The van der Waals surface area contributed by atoms with Crippen molar-refractivity contribution in [3.63, 3.8) is 0 Å². The predicted molar refractivity (Wildman–Crippen MR) is 47.7 cm³/mol. The average Bonchev–Trinajstić information content (AvgIpc) is 1.14. The minimum absolute atomic E-state index is 0. The molecular formula is H6K3NO6S2. The molecule has 3 N–H and O–H groups in total. The van der Waals surface area contributed by atoms with Gasteiger partial charge in [0.25, 0.3) is 0 Å². The summed E-state index contributed by atoms with van der Waals surface area (Å²) < 4.78 is 54.1. The Morgan fingerprint density at radius 2 is 0.917 bits per heavy atom. The van der Waals surface area contributed by atoms with Gasteiger partial charge in [-0.2, -0.15) is 16.8 Å². The molecule has 0 aromatic heterocycles. The summed E-state index contributed by atoms with van der Waals surface area (Å²) in [5.41, 5.74) is 0. The van der Waals surface area contributed by atoms with E-state index in [-0.39, 0.29) is 154 Å². The van der Waals surface area contributed by atoms with Crippen LogP contribution >= 0.6 is 0 Å². The summed E-state index contributed by atoms with van der Waals surface area (Å²) in [4.78, 5) is 0. The van der Waals surface area contributed by atoms with Crippen LogP contribution in [-0.4, -0.2) is 180 Å². The van der Waals surface area contributed by atoms with E-state index in [4.69, 9.17) is 9.11 Å². The molecule has 0 aliphatic heterocycles. The second kappa shape index (κ2) is 10.8. The van der Waals surface area contributed by atoms with Crippen LogP contribution in [0.25, 0.3) is 0 Å². The molecule has 0 amide bonds. The predicted octanol–water partition coefficient (Wildman–Crippen LogP) is -3.76. The molecule has 0 fully saturated rings. The van der Waals surface area contributed by atoms with Crippen molar-refractivity contribution in [3.8, 4) is 0 Å². The standard InChI is InChI=1S/3K.H3NO6S2.3H/c;;;2-8(3,4)1-9(5,6)7;;;/h;;;1H,(H,2,3,4)(H,5,6,7);;;. The van der Waals surface area contributed by atoms with Gasteiger partial charge in [-0.25, -0.2) is 0 Å². The van der Waals surface area contributed by atoms with Crippen LogP contribution in [0.3, 0.4) is 0 Å². The molecule has 7 nitrogen and oxygen atoms in total. The van der Waals surface area contributed by atoms with Gasteiger partial charge in [0.2, 0.25) is 0 Å². The first-order valence-corrected chi connectivity index (χ1v) is 4.32. The molecule has 0 aromatic rings. The topological polar surface area (TPSA) is 121 Å². The van der Waals surface area contributed by atoms with Gasteiger partial charge in [0.15, 0.2) is 0 Å². The van der Waals surface area contributed by atoms with E-state index in [1.165, 1.54) is 0 Å². The normalized spacial score (nSPS) is 10.2. The van der Waals surface area contributed by atoms with E-state index in [1.54, 1.807) is 0 Å². The monoisotopic (exact) mass is 297 g/mol. The van der Waals surface area contributed by atoms with Crippen LogP contribution < -0.4 is 4.13 Å². The van der Waals surface area contributed by atoms with Gasteiger partial charge in [-0.05, 0) is 0 Å². The quantitative estimate of drug-likeness (QED) is 0.355. The fourth-order valence-electron chi connectivity index (χ4n) is 0.133. The number of hydrogen-bond donors (Lipinski definition) is 3. The molecule has 0 aromatic carbocycles. The summed E-state index contributed by atoms with van der Waals surface area (Å²) >= 11 is 0. The second-order valence-corrected chi connectivity index (χ2v) is 3.60. The SMILES string of the molecule is O=S(=O)(O)NS(=O)(=O)O.[KH].[KH].[KH]. The zero-order valence-corrected chi connectivity index (χ0v) is 5.48. The molecule has 0 saturated carbocycles. The third-order valence-electron chi connectivity index (χ3n) is 0.211. The van der Waals surface area contributed by atoms with Crippen molar-refractivity contribution in [2.75, 3.05) is 0 Å². The number of hydrogen-bond acceptors (Lipinski definition) is 4. The molecule has 0 atom stereocenters. The molecule has 12 heavy (non-hydrogen) atoms. The summed E-state index contributed by atoms with van der Waals surface area (Å²) in [5.74, 6) is 0. The Morgan fingerprint density at radius 3 is 0.917 bits per heavy atom. The molecule has 0 unspecified atom stereocenters. The zero-order valence-electron chi connectivity index (χ0n) is 3.84. The molecule has 0 aliphatic carbocycles. The van der Waals surface area contributed by atoms with Gasteiger partial charge in [-0.1, -0.05) is 4.13 Å². The Kier molecular flexibility index (Phi) is 23.0. The van der Waals surface area contributed by atoms with Crippen LogP contribution in [0.5, 0.6) is 0 Å². The summed E-state index contributed by atoms with van der Waals surface area (Å²) in [6, 6.07) is 0. The minimum atomic E-state index is -4.87. The van der Waals surface area contributed by atoms with Crippen LogP contribution in [0, 0.1) is 0 Å². The maximum absolute atomic E-state index is 9.55. The fourth-order valence-corrected chi connectivity index (χ4v) is 1.20. The van der Waals surface area contributed by atoms with Crippen LogP contribution in [-0.2, 0) is 20.6 Å². The number of nitrogens with one attached hydrogen (secondary N) is 1. The Bertz CT molecular complexity index is 246. The van der Waals surface area contributed by atoms with E-state index < -0.39 is 20.6 Å². The molecule has 62 valence electrons. The van der Waals surface area contributed by atoms with Gasteiger partial charge in [-0.3, -0.25) is 9.11 Å². The van der Waals surface area contributed by atoms with Gasteiger partial charge in [0.1, 0.15) is 0 Å². The van der Waals surface area contributed by atoms with Gasteiger partial charge in [0.05, 0.1) is 0 Å². The van der Waals surface area contributed by atoms with Crippen molar-refractivity contribution in [1.82, 2.24) is 4.13 Å². The molecule has 0 spiro atoms. The van der Waals surface area contributed by atoms with Gasteiger partial charge < -0.3 is 0 Å². The second-order valence-electron chi connectivity index (χ2n) is 1.03. The first-order valence-electron chi connectivity index (χ1n) is 1.44. The van der Waals surface area contributed by atoms with Crippen molar-refractivity contribution < 1.29 is 25.9 Å². The van der Waals surface area contributed by atoms with Gasteiger partial charge in [0, 0.05) is 0 Å². The molecule has 12 heteroatoms. The van der Waals surface area contributed by atoms with Gasteiger partial charge >= 0.3 is 175 Å². The first-order chi connectivity index (χ1) is 3.71. The summed E-state index contributed by atoms with van der Waals surface area (Å²) in [5, 5.41) is 0. The Hall–Kier alpha value is 4.69. The summed E-state index contributed by atoms with van der Waals surface area (Å²) in [6.07, 6.45) is 0. The van der Waals surface area contributed by atoms with E-state index in [1.807, 2.05) is 0 Å².